The quantitative estimate of drug-likeness (QED) is 0.185. The minimum atomic E-state index is -0.315. The summed E-state index contributed by atoms with van der Waals surface area (Å²) in [5.74, 6) is 0. The molecule has 1 N–H and O–H groups in total. The van der Waals surface area contributed by atoms with Crippen molar-refractivity contribution in [2.45, 2.75) is 110 Å². The summed E-state index contributed by atoms with van der Waals surface area (Å²) in [4.78, 5) is 4.33. The molecule has 0 spiro atoms. The van der Waals surface area contributed by atoms with Crippen LogP contribution in [0.25, 0.3) is 0 Å². The van der Waals surface area contributed by atoms with Crippen molar-refractivity contribution in [3.05, 3.63) is 12.2 Å². The summed E-state index contributed by atoms with van der Waals surface area (Å²) in [6.07, 6.45) is 25.2. The SMILES string of the molecule is CCCCCCCC/C=C\CCCCCCCC[N+]1(C(C)O)C=NCC1. The van der Waals surface area contributed by atoms with Crippen LogP contribution in [0.2, 0.25) is 0 Å². The number of aliphatic hydroxyl groups is 1. The van der Waals surface area contributed by atoms with Gasteiger partial charge in [0, 0.05) is 6.92 Å². The van der Waals surface area contributed by atoms with Gasteiger partial charge in [-0.15, -0.1) is 0 Å². The van der Waals surface area contributed by atoms with Gasteiger partial charge in [0.05, 0.1) is 13.1 Å². The summed E-state index contributed by atoms with van der Waals surface area (Å²) in [6.45, 7) is 7.07. The third-order valence-corrected chi connectivity index (χ3v) is 5.79. The van der Waals surface area contributed by atoms with Crippen LogP contribution >= 0.6 is 0 Å². The molecule has 1 rings (SSSR count). The Morgan fingerprint density at radius 2 is 1.42 bits per heavy atom. The second kappa shape index (κ2) is 15.4. The summed E-state index contributed by atoms with van der Waals surface area (Å²) in [5.41, 5.74) is 0. The monoisotopic (exact) mass is 365 g/mol. The van der Waals surface area contributed by atoms with Crippen molar-refractivity contribution in [3.63, 3.8) is 0 Å². The van der Waals surface area contributed by atoms with Crippen molar-refractivity contribution in [3.8, 4) is 0 Å². The minimum absolute atomic E-state index is 0.315. The molecular formula is C23H45N2O+. The van der Waals surface area contributed by atoms with Crippen LogP contribution in [-0.2, 0) is 0 Å². The molecule has 152 valence electrons. The summed E-state index contributed by atoms with van der Waals surface area (Å²) >= 11 is 0. The predicted molar refractivity (Wildman–Crippen MR) is 114 cm³/mol. The summed E-state index contributed by atoms with van der Waals surface area (Å²) in [7, 11) is 0. The molecular weight excluding hydrogens is 320 g/mol. The summed E-state index contributed by atoms with van der Waals surface area (Å²) < 4.78 is 0.684. The fourth-order valence-electron chi connectivity index (χ4n) is 3.82. The molecule has 0 aromatic rings. The van der Waals surface area contributed by atoms with Gasteiger partial charge in [-0.3, -0.25) is 4.48 Å². The van der Waals surface area contributed by atoms with Crippen LogP contribution < -0.4 is 0 Å². The van der Waals surface area contributed by atoms with Gasteiger partial charge >= 0.3 is 0 Å². The van der Waals surface area contributed by atoms with Gasteiger partial charge in [-0.05, 0) is 38.5 Å². The van der Waals surface area contributed by atoms with Gasteiger partial charge in [-0.2, -0.15) is 0 Å². The first-order valence-corrected chi connectivity index (χ1v) is 11.4. The van der Waals surface area contributed by atoms with E-state index in [0.29, 0.717) is 4.48 Å². The normalized spacial score (nSPS) is 21.0. The molecule has 3 heteroatoms. The Kier molecular flexibility index (Phi) is 13.8. The lowest BCUT2D eigenvalue weighted by molar-refractivity contribution is -0.877. The van der Waals surface area contributed by atoms with Crippen LogP contribution in [0, 0.1) is 0 Å². The van der Waals surface area contributed by atoms with E-state index in [1.165, 1.54) is 89.9 Å². The van der Waals surface area contributed by atoms with Crippen molar-refractivity contribution in [2.75, 3.05) is 19.6 Å². The molecule has 0 aromatic heterocycles. The molecule has 1 aliphatic heterocycles. The van der Waals surface area contributed by atoms with E-state index in [1.807, 2.05) is 13.3 Å². The Bertz CT molecular complexity index is 378. The Balaban J connectivity index is 1.85. The van der Waals surface area contributed by atoms with Gasteiger partial charge in [0.1, 0.15) is 6.54 Å². The first-order chi connectivity index (χ1) is 12.7. The molecule has 0 aliphatic carbocycles. The standard InChI is InChI=1S/C23H45N2O/c1-3-4-5-6-7-8-9-10-11-12-13-14-15-16-17-18-20-25(23(2)26)21-19-24-22-25/h10-11,22-23,26H,3-9,12-21H2,1-2H3/q+1/b11-10-. The Morgan fingerprint density at radius 3 is 1.92 bits per heavy atom. The highest BCUT2D eigenvalue weighted by molar-refractivity contribution is 5.48. The van der Waals surface area contributed by atoms with Crippen LogP contribution in [-0.4, -0.2) is 41.8 Å². The lowest BCUT2D eigenvalue weighted by atomic mass is 10.1. The molecule has 0 saturated heterocycles. The predicted octanol–water partition coefficient (Wildman–Crippen LogP) is 6.22. The second-order valence-corrected chi connectivity index (χ2v) is 8.14. The third-order valence-electron chi connectivity index (χ3n) is 5.79. The molecule has 26 heavy (non-hydrogen) atoms. The highest BCUT2D eigenvalue weighted by atomic mass is 16.3. The molecule has 0 aromatic carbocycles. The van der Waals surface area contributed by atoms with E-state index >= 15 is 0 Å². The zero-order valence-electron chi connectivity index (χ0n) is 17.7. The Hall–Kier alpha value is -0.670. The molecule has 1 heterocycles. The molecule has 3 nitrogen and oxygen atoms in total. The van der Waals surface area contributed by atoms with Crippen molar-refractivity contribution < 1.29 is 9.59 Å². The van der Waals surface area contributed by atoms with Crippen LogP contribution in [0.3, 0.4) is 0 Å². The molecule has 0 fully saturated rings. The number of allylic oxidation sites excluding steroid dienone is 2. The number of hydrogen-bond acceptors (Lipinski definition) is 2. The number of aliphatic imine (C=N–C) groups is 1. The maximum Gasteiger partial charge on any atom is 0.193 e. The second-order valence-electron chi connectivity index (χ2n) is 8.14. The molecule has 1 aliphatic rings. The third kappa shape index (κ3) is 10.5. The van der Waals surface area contributed by atoms with Crippen LogP contribution in [0.15, 0.2) is 17.1 Å². The van der Waals surface area contributed by atoms with Gasteiger partial charge in [0.25, 0.3) is 0 Å². The van der Waals surface area contributed by atoms with Crippen molar-refractivity contribution in [1.82, 2.24) is 0 Å². The van der Waals surface area contributed by atoms with Gasteiger partial charge in [0.2, 0.25) is 0 Å². The number of rotatable bonds is 17. The zero-order valence-corrected chi connectivity index (χ0v) is 17.7. The highest BCUT2D eigenvalue weighted by Gasteiger charge is 2.33. The van der Waals surface area contributed by atoms with E-state index in [9.17, 15) is 5.11 Å². The largest absolute Gasteiger partial charge is 0.345 e. The van der Waals surface area contributed by atoms with Gasteiger partial charge in [-0.1, -0.05) is 70.4 Å². The number of hydrogen-bond donors (Lipinski definition) is 1. The minimum Gasteiger partial charge on any atom is -0.345 e. The van der Waals surface area contributed by atoms with E-state index in [0.717, 1.165) is 19.6 Å². The van der Waals surface area contributed by atoms with E-state index in [2.05, 4.69) is 24.1 Å². The maximum absolute atomic E-state index is 10.0. The van der Waals surface area contributed by atoms with Crippen molar-refractivity contribution in [1.29, 1.82) is 0 Å². The van der Waals surface area contributed by atoms with E-state index in [4.69, 9.17) is 0 Å². The van der Waals surface area contributed by atoms with E-state index < -0.39 is 0 Å². The summed E-state index contributed by atoms with van der Waals surface area (Å²) in [6, 6.07) is 0. The van der Waals surface area contributed by atoms with E-state index in [1.54, 1.807) is 0 Å². The van der Waals surface area contributed by atoms with Crippen molar-refractivity contribution in [2.24, 2.45) is 4.99 Å². The Labute approximate surface area is 163 Å². The number of quaternary nitrogens is 1. The van der Waals surface area contributed by atoms with Gasteiger partial charge < -0.3 is 5.11 Å². The molecule has 2 unspecified atom stereocenters. The van der Waals surface area contributed by atoms with E-state index in [-0.39, 0.29) is 6.23 Å². The van der Waals surface area contributed by atoms with Gasteiger partial charge in [0.15, 0.2) is 12.6 Å². The molecule has 0 amide bonds. The molecule has 2 atom stereocenters. The molecule has 0 radical (unpaired) electrons. The topological polar surface area (TPSA) is 32.6 Å². The maximum atomic E-state index is 10.0. The highest BCUT2D eigenvalue weighted by Crippen LogP contribution is 2.17. The molecule has 0 bridgehead atoms. The fourth-order valence-corrected chi connectivity index (χ4v) is 3.82. The van der Waals surface area contributed by atoms with Crippen LogP contribution in [0.1, 0.15) is 104 Å². The van der Waals surface area contributed by atoms with Crippen LogP contribution in [0.4, 0.5) is 0 Å². The fraction of sp³-hybridized carbons (Fsp3) is 0.870. The smallest absolute Gasteiger partial charge is 0.193 e. The molecule has 0 saturated carbocycles. The Morgan fingerprint density at radius 1 is 0.885 bits per heavy atom. The first-order valence-electron chi connectivity index (χ1n) is 11.4. The number of aliphatic hydroxyl groups excluding tert-OH is 1. The average molecular weight is 366 g/mol. The zero-order chi connectivity index (χ0) is 18.9. The average Bonchev–Trinajstić information content (AvgIpc) is 3.12. The van der Waals surface area contributed by atoms with Crippen LogP contribution in [0.5, 0.6) is 0 Å². The summed E-state index contributed by atoms with van der Waals surface area (Å²) in [5, 5.41) is 10.0. The lowest BCUT2D eigenvalue weighted by Gasteiger charge is -2.33. The van der Waals surface area contributed by atoms with Crippen molar-refractivity contribution >= 4 is 6.34 Å². The number of nitrogens with zero attached hydrogens (tertiary/aromatic N) is 2. The van der Waals surface area contributed by atoms with Gasteiger partial charge in [-0.25, -0.2) is 4.99 Å². The lowest BCUT2D eigenvalue weighted by Crippen LogP contribution is -2.52. The number of unbranched alkanes of at least 4 members (excludes halogenated alkanes) is 12. The first kappa shape index (κ1) is 23.4.